The first-order chi connectivity index (χ1) is 8.31. The molecule has 92 valence electrons. The van der Waals surface area contributed by atoms with Crippen LogP contribution in [-0.2, 0) is 11.2 Å². The van der Waals surface area contributed by atoms with Gasteiger partial charge < -0.3 is 0 Å². The minimum atomic E-state index is 0.452. The highest BCUT2D eigenvalue weighted by Gasteiger charge is 2.21. The molecule has 0 radical (unpaired) electrons. The molecule has 1 heteroatoms. The SMILES string of the molecule is CCCCC(=O)CC1CCCc2ccccc21. The van der Waals surface area contributed by atoms with E-state index in [4.69, 9.17) is 0 Å². The Hall–Kier alpha value is -1.11. The maximum atomic E-state index is 11.9. The van der Waals surface area contributed by atoms with Crippen molar-refractivity contribution in [1.29, 1.82) is 0 Å². The van der Waals surface area contributed by atoms with E-state index >= 15 is 0 Å². The van der Waals surface area contributed by atoms with Crippen LogP contribution in [0.1, 0.15) is 62.5 Å². The van der Waals surface area contributed by atoms with Crippen LogP contribution >= 0.6 is 0 Å². The van der Waals surface area contributed by atoms with Crippen molar-refractivity contribution in [3.63, 3.8) is 0 Å². The molecule has 0 N–H and O–H groups in total. The molecule has 0 aliphatic heterocycles. The summed E-state index contributed by atoms with van der Waals surface area (Å²) < 4.78 is 0. The van der Waals surface area contributed by atoms with E-state index in [1.54, 1.807) is 0 Å². The van der Waals surface area contributed by atoms with Gasteiger partial charge in [-0.25, -0.2) is 0 Å². The van der Waals surface area contributed by atoms with Gasteiger partial charge in [-0.3, -0.25) is 4.79 Å². The third kappa shape index (κ3) is 3.18. The van der Waals surface area contributed by atoms with E-state index in [9.17, 15) is 4.79 Å². The standard InChI is InChI=1S/C16H22O/c1-2-3-10-15(17)12-14-9-6-8-13-7-4-5-11-16(13)14/h4-5,7,11,14H,2-3,6,8-10,12H2,1H3. The zero-order valence-corrected chi connectivity index (χ0v) is 10.7. The van der Waals surface area contributed by atoms with E-state index in [1.165, 1.54) is 30.4 Å². The van der Waals surface area contributed by atoms with Crippen molar-refractivity contribution in [3.8, 4) is 0 Å². The molecule has 1 aliphatic rings. The van der Waals surface area contributed by atoms with E-state index in [0.29, 0.717) is 11.7 Å². The summed E-state index contributed by atoms with van der Waals surface area (Å²) in [7, 11) is 0. The van der Waals surface area contributed by atoms with Gasteiger partial charge in [0.2, 0.25) is 0 Å². The molecule has 0 amide bonds. The maximum absolute atomic E-state index is 11.9. The fraction of sp³-hybridized carbons (Fsp3) is 0.562. The third-order valence-corrected chi connectivity index (χ3v) is 3.78. The fourth-order valence-corrected chi connectivity index (χ4v) is 2.82. The Morgan fingerprint density at radius 3 is 3.00 bits per heavy atom. The van der Waals surface area contributed by atoms with Crippen molar-refractivity contribution in [2.24, 2.45) is 0 Å². The van der Waals surface area contributed by atoms with Crippen LogP contribution in [0.5, 0.6) is 0 Å². The average Bonchev–Trinajstić information content (AvgIpc) is 2.37. The number of Topliss-reactive ketones (excluding diaryl/α,β-unsaturated/α-hetero) is 1. The number of hydrogen-bond donors (Lipinski definition) is 0. The normalized spacial score (nSPS) is 18.8. The fourth-order valence-electron chi connectivity index (χ4n) is 2.82. The van der Waals surface area contributed by atoms with E-state index in [-0.39, 0.29) is 0 Å². The van der Waals surface area contributed by atoms with Gasteiger partial charge in [0.25, 0.3) is 0 Å². The van der Waals surface area contributed by atoms with Crippen LogP contribution in [0.3, 0.4) is 0 Å². The van der Waals surface area contributed by atoms with Crippen molar-refractivity contribution in [2.75, 3.05) is 0 Å². The van der Waals surface area contributed by atoms with E-state index in [1.807, 2.05) is 0 Å². The molecule has 1 aromatic carbocycles. The summed E-state index contributed by atoms with van der Waals surface area (Å²) in [5.74, 6) is 0.942. The first kappa shape index (κ1) is 12.3. The molecule has 1 unspecified atom stereocenters. The minimum Gasteiger partial charge on any atom is -0.300 e. The van der Waals surface area contributed by atoms with Gasteiger partial charge in [-0.1, -0.05) is 37.6 Å². The molecule has 1 aliphatic carbocycles. The summed E-state index contributed by atoms with van der Waals surface area (Å²) in [6.45, 7) is 2.14. The lowest BCUT2D eigenvalue weighted by atomic mass is 9.80. The molecule has 2 rings (SSSR count). The second-order valence-electron chi connectivity index (χ2n) is 5.13. The Kier molecular flexibility index (Phi) is 4.36. The lowest BCUT2D eigenvalue weighted by Gasteiger charge is -2.24. The van der Waals surface area contributed by atoms with Gasteiger partial charge in [0.05, 0.1) is 0 Å². The number of hydrogen-bond acceptors (Lipinski definition) is 1. The van der Waals surface area contributed by atoms with Crippen molar-refractivity contribution < 1.29 is 4.79 Å². The average molecular weight is 230 g/mol. The van der Waals surface area contributed by atoms with Gasteiger partial charge >= 0.3 is 0 Å². The molecule has 0 saturated heterocycles. The molecule has 1 nitrogen and oxygen atoms in total. The highest BCUT2D eigenvalue weighted by atomic mass is 16.1. The van der Waals surface area contributed by atoms with Gasteiger partial charge in [-0.15, -0.1) is 0 Å². The number of benzene rings is 1. The first-order valence-corrected chi connectivity index (χ1v) is 6.90. The zero-order valence-electron chi connectivity index (χ0n) is 10.7. The Morgan fingerprint density at radius 2 is 2.18 bits per heavy atom. The summed E-state index contributed by atoms with van der Waals surface area (Å²) >= 11 is 0. The number of ketones is 1. The van der Waals surface area contributed by atoms with Gasteiger partial charge in [-0.2, -0.15) is 0 Å². The van der Waals surface area contributed by atoms with Crippen LogP contribution < -0.4 is 0 Å². The second kappa shape index (κ2) is 6.00. The third-order valence-electron chi connectivity index (χ3n) is 3.78. The molecule has 1 aromatic rings. The Morgan fingerprint density at radius 1 is 1.35 bits per heavy atom. The van der Waals surface area contributed by atoms with E-state index < -0.39 is 0 Å². The summed E-state index contributed by atoms with van der Waals surface area (Å²) in [5.41, 5.74) is 2.90. The van der Waals surface area contributed by atoms with Crippen LogP contribution in [0.25, 0.3) is 0 Å². The molecule has 1 atom stereocenters. The summed E-state index contributed by atoms with van der Waals surface area (Å²) in [5, 5.41) is 0. The van der Waals surface area contributed by atoms with Gasteiger partial charge in [0.1, 0.15) is 5.78 Å². The van der Waals surface area contributed by atoms with Crippen LogP contribution in [0.4, 0.5) is 0 Å². The molecule has 0 spiro atoms. The topological polar surface area (TPSA) is 17.1 Å². The monoisotopic (exact) mass is 230 g/mol. The number of fused-ring (bicyclic) bond motifs is 1. The number of aryl methyl sites for hydroxylation is 1. The number of carbonyl (C=O) groups is 1. The molecule has 0 fully saturated rings. The predicted octanol–water partition coefficient (Wildman–Crippen LogP) is 4.26. The summed E-state index contributed by atoms with van der Waals surface area (Å²) in [6.07, 6.45) is 7.32. The predicted molar refractivity (Wildman–Crippen MR) is 71.3 cm³/mol. The van der Waals surface area contributed by atoms with Crippen LogP contribution in [0, 0.1) is 0 Å². The zero-order chi connectivity index (χ0) is 12.1. The van der Waals surface area contributed by atoms with Crippen molar-refractivity contribution in [3.05, 3.63) is 35.4 Å². The lowest BCUT2D eigenvalue weighted by Crippen LogP contribution is -2.13. The highest BCUT2D eigenvalue weighted by Crippen LogP contribution is 2.34. The van der Waals surface area contributed by atoms with E-state index in [2.05, 4.69) is 31.2 Å². The van der Waals surface area contributed by atoms with Crippen molar-refractivity contribution in [1.82, 2.24) is 0 Å². The first-order valence-electron chi connectivity index (χ1n) is 6.90. The quantitative estimate of drug-likeness (QED) is 0.738. The Balaban J connectivity index is 2.01. The van der Waals surface area contributed by atoms with Crippen LogP contribution in [-0.4, -0.2) is 5.78 Å². The number of carbonyl (C=O) groups excluding carboxylic acids is 1. The summed E-state index contributed by atoms with van der Waals surface area (Å²) in [6, 6.07) is 8.65. The number of unbranched alkanes of at least 4 members (excludes halogenated alkanes) is 1. The molecule has 0 heterocycles. The van der Waals surface area contributed by atoms with Crippen LogP contribution in [0.15, 0.2) is 24.3 Å². The van der Waals surface area contributed by atoms with Gasteiger partial charge in [0.15, 0.2) is 0 Å². The smallest absolute Gasteiger partial charge is 0.133 e. The Labute approximate surface area is 104 Å². The van der Waals surface area contributed by atoms with Crippen molar-refractivity contribution >= 4 is 5.78 Å². The number of rotatable bonds is 5. The van der Waals surface area contributed by atoms with E-state index in [0.717, 1.165) is 25.7 Å². The molecule has 0 saturated carbocycles. The van der Waals surface area contributed by atoms with Gasteiger partial charge in [-0.05, 0) is 42.7 Å². The molecule has 17 heavy (non-hydrogen) atoms. The molecule has 0 bridgehead atoms. The molecular weight excluding hydrogens is 208 g/mol. The minimum absolute atomic E-state index is 0.452. The largest absolute Gasteiger partial charge is 0.300 e. The highest BCUT2D eigenvalue weighted by molar-refractivity contribution is 5.79. The molecular formula is C16H22O. The second-order valence-corrected chi connectivity index (χ2v) is 5.13. The molecule has 0 aromatic heterocycles. The van der Waals surface area contributed by atoms with Crippen molar-refractivity contribution in [2.45, 2.75) is 57.8 Å². The summed E-state index contributed by atoms with van der Waals surface area (Å²) in [4.78, 5) is 11.9. The van der Waals surface area contributed by atoms with Crippen LogP contribution in [0.2, 0.25) is 0 Å². The lowest BCUT2D eigenvalue weighted by molar-refractivity contribution is -0.119. The maximum Gasteiger partial charge on any atom is 0.133 e. The van der Waals surface area contributed by atoms with Gasteiger partial charge in [0, 0.05) is 12.8 Å². The Bertz CT molecular complexity index is 381.